The summed E-state index contributed by atoms with van der Waals surface area (Å²) in [6, 6.07) is 7.22. The Bertz CT molecular complexity index is 559. The molecular formula is C14H17N3O2S. The summed E-state index contributed by atoms with van der Waals surface area (Å²) in [6.45, 7) is 2.60. The molecule has 1 unspecified atom stereocenters. The van der Waals surface area contributed by atoms with E-state index in [0.29, 0.717) is 18.0 Å². The van der Waals surface area contributed by atoms with Crippen molar-refractivity contribution in [3.05, 3.63) is 35.4 Å². The van der Waals surface area contributed by atoms with Gasteiger partial charge in [-0.2, -0.15) is 0 Å². The molecule has 0 spiro atoms. The smallest absolute Gasteiger partial charge is 0.243 e. The van der Waals surface area contributed by atoms with E-state index in [-0.39, 0.29) is 24.4 Å². The van der Waals surface area contributed by atoms with Gasteiger partial charge in [0.1, 0.15) is 4.99 Å². The van der Waals surface area contributed by atoms with Gasteiger partial charge in [0.25, 0.3) is 0 Å². The molecule has 3 N–H and O–H groups in total. The maximum absolute atomic E-state index is 11.8. The zero-order chi connectivity index (χ0) is 14.7. The quantitative estimate of drug-likeness (QED) is 0.626. The second-order valence-corrected chi connectivity index (χ2v) is 5.20. The fourth-order valence-electron chi connectivity index (χ4n) is 2.45. The molecule has 1 saturated heterocycles. The van der Waals surface area contributed by atoms with Crippen molar-refractivity contribution in [3.8, 4) is 0 Å². The Morgan fingerprint density at radius 2 is 2.15 bits per heavy atom. The molecule has 1 aliphatic heterocycles. The van der Waals surface area contributed by atoms with Gasteiger partial charge in [-0.3, -0.25) is 19.8 Å². The van der Waals surface area contributed by atoms with Crippen LogP contribution in [0, 0.1) is 0 Å². The van der Waals surface area contributed by atoms with Gasteiger partial charge in [0.05, 0.1) is 12.6 Å². The van der Waals surface area contributed by atoms with Crippen LogP contribution in [-0.4, -0.2) is 34.3 Å². The molecule has 1 aliphatic rings. The molecule has 0 aliphatic carbocycles. The van der Waals surface area contributed by atoms with Gasteiger partial charge in [0.2, 0.25) is 11.8 Å². The number of thiocarbonyl (C=S) groups is 1. The first kappa shape index (κ1) is 14.6. The first-order valence-electron chi connectivity index (χ1n) is 6.48. The molecule has 106 valence electrons. The lowest BCUT2D eigenvalue weighted by Gasteiger charge is -2.33. The fourth-order valence-corrected chi connectivity index (χ4v) is 2.65. The zero-order valence-corrected chi connectivity index (χ0v) is 12.1. The van der Waals surface area contributed by atoms with Crippen LogP contribution in [0.15, 0.2) is 24.3 Å². The van der Waals surface area contributed by atoms with E-state index in [1.54, 1.807) is 0 Å². The summed E-state index contributed by atoms with van der Waals surface area (Å²) in [4.78, 5) is 25.5. The number of hydrogen-bond acceptors (Lipinski definition) is 4. The molecule has 20 heavy (non-hydrogen) atoms. The summed E-state index contributed by atoms with van der Waals surface area (Å²) in [5.74, 6) is -0.510. The van der Waals surface area contributed by atoms with Crippen molar-refractivity contribution in [1.82, 2.24) is 10.2 Å². The topological polar surface area (TPSA) is 75.4 Å². The molecule has 1 aromatic carbocycles. The van der Waals surface area contributed by atoms with Gasteiger partial charge in [0.15, 0.2) is 0 Å². The average molecular weight is 291 g/mol. The molecule has 1 atom stereocenters. The van der Waals surface area contributed by atoms with E-state index in [1.807, 2.05) is 36.1 Å². The third kappa shape index (κ3) is 3.02. The van der Waals surface area contributed by atoms with Crippen LogP contribution in [-0.2, 0) is 16.1 Å². The summed E-state index contributed by atoms with van der Waals surface area (Å²) in [7, 11) is 0. The van der Waals surface area contributed by atoms with Crippen LogP contribution in [0.2, 0.25) is 0 Å². The number of nitrogens with zero attached hydrogens (tertiary/aromatic N) is 1. The third-order valence-electron chi connectivity index (χ3n) is 3.40. The average Bonchev–Trinajstić information content (AvgIpc) is 2.38. The lowest BCUT2D eigenvalue weighted by Crippen LogP contribution is -2.57. The highest BCUT2D eigenvalue weighted by Gasteiger charge is 2.32. The number of rotatable bonds is 4. The number of benzene rings is 1. The van der Waals surface area contributed by atoms with Crippen molar-refractivity contribution in [2.45, 2.75) is 25.9 Å². The number of hydrogen-bond donors (Lipinski definition) is 2. The number of carbonyl (C=O) groups is 2. The van der Waals surface area contributed by atoms with E-state index in [9.17, 15) is 9.59 Å². The monoisotopic (exact) mass is 291 g/mol. The van der Waals surface area contributed by atoms with Crippen molar-refractivity contribution >= 4 is 29.0 Å². The zero-order valence-electron chi connectivity index (χ0n) is 11.3. The second kappa shape index (κ2) is 6.11. The molecule has 6 heteroatoms. The molecule has 2 rings (SSSR count). The van der Waals surface area contributed by atoms with Crippen molar-refractivity contribution < 1.29 is 9.59 Å². The number of imide groups is 1. The van der Waals surface area contributed by atoms with Gasteiger partial charge >= 0.3 is 0 Å². The fraction of sp³-hybridized carbons (Fsp3) is 0.357. The normalized spacial score (nSPS) is 19.8. The predicted octanol–water partition coefficient (Wildman–Crippen LogP) is 0.558. The maximum Gasteiger partial charge on any atom is 0.243 e. The molecule has 2 amide bonds. The van der Waals surface area contributed by atoms with E-state index in [0.717, 1.165) is 11.1 Å². The van der Waals surface area contributed by atoms with Crippen LogP contribution in [0.3, 0.4) is 0 Å². The van der Waals surface area contributed by atoms with Gasteiger partial charge in [-0.05, 0) is 12.0 Å². The molecule has 0 bridgehead atoms. The highest BCUT2D eigenvalue weighted by atomic mass is 32.1. The standard InChI is InChI=1S/C14H17N3O2S/c1-2-11-14(19)16-12(18)8-17(11)7-9-5-3-4-6-10(9)13(15)20/h3-6,11H,2,7-8H2,1H3,(H2,15,20)(H,16,18,19). The van der Waals surface area contributed by atoms with Crippen molar-refractivity contribution in [1.29, 1.82) is 0 Å². The third-order valence-corrected chi connectivity index (χ3v) is 3.62. The van der Waals surface area contributed by atoms with E-state index in [2.05, 4.69) is 5.32 Å². The van der Waals surface area contributed by atoms with Gasteiger partial charge in [-0.25, -0.2) is 0 Å². The van der Waals surface area contributed by atoms with Gasteiger partial charge < -0.3 is 5.73 Å². The Morgan fingerprint density at radius 1 is 1.45 bits per heavy atom. The SMILES string of the molecule is CCC1C(=O)NC(=O)CN1Cc1ccccc1C(N)=S. The van der Waals surface area contributed by atoms with E-state index >= 15 is 0 Å². The van der Waals surface area contributed by atoms with Crippen LogP contribution in [0.4, 0.5) is 0 Å². The van der Waals surface area contributed by atoms with Crippen molar-refractivity contribution in [3.63, 3.8) is 0 Å². The van der Waals surface area contributed by atoms with Gasteiger partial charge in [0, 0.05) is 12.1 Å². The highest BCUT2D eigenvalue weighted by molar-refractivity contribution is 7.80. The van der Waals surface area contributed by atoms with E-state index in [4.69, 9.17) is 18.0 Å². The van der Waals surface area contributed by atoms with Gasteiger partial charge in [-0.1, -0.05) is 43.4 Å². The number of amides is 2. The Morgan fingerprint density at radius 3 is 2.80 bits per heavy atom. The lowest BCUT2D eigenvalue weighted by molar-refractivity contribution is -0.140. The Kier molecular flexibility index (Phi) is 4.46. The number of nitrogens with two attached hydrogens (primary N) is 1. The number of nitrogens with one attached hydrogen (secondary N) is 1. The minimum atomic E-state index is -0.299. The molecule has 0 aromatic heterocycles. The predicted molar refractivity (Wildman–Crippen MR) is 80.0 cm³/mol. The molecule has 1 aromatic rings. The van der Waals surface area contributed by atoms with E-state index < -0.39 is 0 Å². The maximum atomic E-state index is 11.8. The number of piperazine rings is 1. The molecule has 0 radical (unpaired) electrons. The Hall–Kier alpha value is -1.79. The summed E-state index contributed by atoms with van der Waals surface area (Å²) in [6.07, 6.45) is 0.647. The van der Waals surface area contributed by atoms with Crippen LogP contribution < -0.4 is 11.1 Å². The van der Waals surface area contributed by atoms with Crippen LogP contribution in [0.5, 0.6) is 0 Å². The summed E-state index contributed by atoms with van der Waals surface area (Å²) in [5.41, 5.74) is 7.43. The second-order valence-electron chi connectivity index (χ2n) is 4.76. The first-order valence-corrected chi connectivity index (χ1v) is 6.89. The first-order chi connectivity index (χ1) is 9.52. The number of carbonyl (C=O) groups excluding carboxylic acids is 2. The minimum Gasteiger partial charge on any atom is -0.389 e. The minimum absolute atomic E-state index is 0.204. The van der Waals surface area contributed by atoms with Crippen molar-refractivity contribution in [2.24, 2.45) is 5.73 Å². The molecule has 1 heterocycles. The van der Waals surface area contributed by atoms with Crippen molar-refractivity contribution in [2.75, 3.05) is 6.54 Å². The largest absolute Gasteiger partial charge is 0.389 e. The summed E-state index contributed by atoms with van der Waals surface area (Å²) in [5, 5.41) is 2.36. The van der Waals surface area contributed by atoms with Crippen LogP contribution in [0.25, 0.3) is 0 Å². The summed E-state index contributed by atoms with van der Waals surface area (Å²) >= 11 is 5.03. The molecule has 5 nitrogen and oxygen atoms in total. The van der Waals surface area contributed by atoms with Crippen LogP contribution >= 0.6 is 12.2 Å². The Balaban J connectivity index is 2.25. The Labute approximate surface area is 123 Å². The lowest BCUT2D eigenvalue weighted by atomic mass is 10.0. The molecule has 0 saturated carbocycles. The van der Waals surface area contributed by atoms with Gasteiger partial charge in [-0.15, -0.1) is 0 Å². The highest BCUT2D eigenvalue weighted by Crippen LogP contribution is 2.17. The van der Waals surface area contributed by atoms with Crippen LogP contribution in [0.1, 0.15) is 24.5 Å². The van der Waals surface area contributed by atoms with E-state index in [1.165, 1.54) is 0 Å². The molecule has 1 fully saturated rings. The molecular weight excluding hydrogens is 274 g/mol. The summed E-state index contributed by atoms with van der Waals surface area (Å²) < 4.78 is 0.